The van der Waals surface area contributed by atoms with Crippen molar-refractivity contribution in [3.05, 3.63) is 101 Å². The van der Waals surface area contributed by atoms with Crippen LogP contribution >= 0.6 is 0 Å². The fraction of sp³-hybridized carbons (Fsp3) is 0.154. The number of thiol groups is 1. The molecule has 1 aliphatic heterocycles. The van der Waals surface area contributed by atoms with Gasteiger partial charge < -0.3 is 10.5 Å². The van der Waals surface area contributed by atoms with Gasteiger partial charge in [0.1, 0.15) is 28.4 Å². The Kier molecular flexibility index (Phi) is 5.79. The fourth-order valence-corrected chi connectivity index (χ4v) is 4.97. The lowest BCUT2D eigenvalue weighted by atomic mass is 9.89. The highest BCUT2D eigenvalue weighted by Crippen LogP contribution is 2.40. The zero-order valence-corrected chi connectivity index (χ0v) is 18.7. The minimum Gasteiger partial charge on any atom is -0.484 e. The predicted molar refractivity (Wildman–Crippen MR) is 125 cm³/mol. The second kappa shape index (κ2) is 8.77. The molecule has 34 heavy (non-hydrogen) atoms. The van der Waals surface area contributed by atoms with Gasteiger partial charge in [-0.2, -0.15) is 0 Å². The average Bonchev–Trinajstić information content (AvgIpc) is 2.80. The Balaban J connectivity index is 1.55. The summed E-state index contributed by atoms with van der Waals surface area (Å²) in [7, 11) is -2.53. The van der Waals surface area contributed by atoms with Crippen LogP contribution < -0.4 is 10.5 Å². The fourth-order valence-electron chi connectivity index (χ4n) is 4.48. The van der Waals surface area contributed by atoms with Crippen LogP contribution in [0.15, 0.2) is 66.7 Å². The molecule has 0 amide bonds. The van der Waals surface area contributed by atoms with Crippen molar-refractivity contribution in [3.63, 3.8) is 0 Å². The van der Waals surface area contributed by atoms with Crippen LogP contribution in [0.1, 0.15) is 22.8 Å². The molecule has 0 bridgehead atoms. The Morgan fingerprint density at radius 3 is 2.41 bits per heavy atom. The summed E-state index contributed by atoms with van der Waals surface area (Å²) in [6.45, 7) is 0. The third kappa shape index (κ3) is 4.15. The van der Waals surface area contributed by atoms with Gasteiger partial charge in [-0.3, -0.25) is 0 Å². The Bertz CT molecular complexity index is 1490. The summed E-state index contributed by atoms with van der Waals surface area (Å²) in [4.78, 5) is 0. The lowest BCUT2D eigenvalue weighted by Crippen LogP contribution is -2.38. The highest BCUT2D eigenvalue weighted by Gasteiger charge is 2.32. The van der Waals surface area contributed by atoms with Crippen molar-refractivity contribution in [2.24, 2.45) is 5.73 Å². The SMILES string of the molecule is N[C@H]1Cc2c(ccc3ccc(-c4cccc(C[SH](=O)=O)c4)cc23)O[C@@H]1c1cc(F)c(F)cc1F. The van der Waals surface area contributed by atoms with Crippen LogP contribution in [-0.4, -0.2) is 14.5 Å². The molecular weight excluding hydrogens is 463 g/mol. The van der Waals surface area contributed by atoms with E-state index in [-0.39, 0.29) is 11.3 Å². The van der Waals surface area contributed by atoms with Gasteiger partial charge in [0.15, 0.2) is 11.6 Å². The number of benzene rings is 4. The molecule has 0 radical (unpaired) electrons. The van der Waals surface area contributed by atoms with E-state index in [4.69, 9.17) is 10.5 Å². The van der Waals surface area contributed by atoms with Crippen molar-refractivity contribution in [3.8, 4) is 16.9 Å². The van der Waals surface area contributed by atoms with Crippen molar-refractivity contribution >= 4 is 21.5 Å². The minimum absolute atomic E-state index is 0.0310. The van der Waals surface area contributed by atoms with Crippen molar-refractivity contribution in [1.29, 1.82) is 0 Å². The van der Waals surface area contributed by atoms with Gasteiger partial charge in [-0.25, -0.2) is 21.6 Å². The van der Waals surface area contributed by atoms with Crippen LogP contribution in [0.2, 0.25) is 0 Å². The third-order valence-electron chi connectivity index (χ3n) is 6.09. The van der Waals surface area contributed by atoms with Crippen LogP contribution in [-0.2, 0) is 22.9 Å². The normalized spacial score (nSPS) is 17.6. The van der Waals surface area contributed by atoms with E-state index in [0.29, 0.717) is 23.8 Å². The monoisotopic (exact) mass is 483 g/mol. The lowest BCUT2D eigenvalue weighted by molar-refractivity contribution is 0.149. The summed E-state index contributed by atoms with van der Waals surface area (Å²) in [5, 5.41) is 1.85. The molecule has 174 valence electrons. The van der Waals surface area contributed by atoms with Crippen LogP contribution in [0.25, 0.3) is 21.9 Å². The zero-order chi connectivity index (χ0) is 24.0. The molecule has 1 aliphatic rings. The summed E-state index contributed by atoms with van der Waals surface area (Å²) in [5.41, 5.74) is 9.50. The molecule has 0 aliphatic carbocycles. The van der Waals surface area contributed by atoms with Gasteiger partial charge in [0, 0.05) is 17.2 Å². The molecule has 1 heterocycles. The number of hydrogen-bond donors (Lipinski definition) is 2. The molecule has 0 saturated carbocycles. The van der Waals surface area contributed by atoms with Crippen molar-refractivity contribution in [2.45, 2.75) is 24.3 Å². The maximum absolute atomic E-state index is 14.4. The summed E-state index contributed by atoms with van der Waals surface area (Å²) in [5.74, 6) is -2.87. The number of fused-ring (bicyclic) bond motifs is 3. The molecule has 2 atom stereocenters. The molecule has 4 aromatic carbocycles. The Morgan fingerprint density at radius 1 is 0.882 bits per heavy atom. The van der Waals surface area contributed by atoms with Gasteiger partial charge in [0.2, 0.25) is 0 Å². The Hall–Kier alpha value is -3.36. The zero-order valence-electron chi connectivity index (χ0n) is 17.8. The maximum Gasteiger partial charge on any atom is 0.161 e. The number of halogens is 3. The van der Waals surface area contributed by atoms with Crippen LogP contribution in [0, 0.1) is 17.5 Å². The average molecular weight is 484 g/mol. The van der Waals surface area contributed by atoms with Crippen LogP contribution in [0.3, 0.4) is 0 Å². The lowest BCUT2D eigenvalue weighted by Gasteiger charge is -2.32. The molecule has 8 heteroatoms. The van der Waals surface area contributed by atoms with E-state index in [0.717, 1.165) is 33.5 Å². The Labute approximate surface area is 195 Å². The molecule has 2 N–H and O–H groups in total. The van der Waals surface area contributed by atoms with E-state index in [2.05, 4.69) is 0 Å². The molecule has 0 aromatic heterocycles. The van der Waals surface area contributed by atoms with Crippen molar-refractivity contribution in [1.82, 2.24) is 0 Å². The topological polar surface area (TPSA) is 69.4 Å². The number of nitrogens with two attached hydrogens (primary N) is 1. The predicted octanol–water partition coefficient (Wildman–Crippen LogP) is 5.04. The molecular formula is C26H20F3NO3S. The van der Waals surface area contributed by atoms with E-state index in [1.165, 1.54) is 0 Å². The summed E-state index contributed by atoms with van der Waals surface area (Å²) < 4.78 is 69.8. The van der Waals surface area contributed by atoms with Crippen LogP contribution in [0.5, 0.6) is 5.75 Å². The number of ether oxygens (including phenoxy) is 1. The molecule has 0 saturated heterocycles. The highest BCUT2D eigenvalue weighted by atomic mass is 32.2. The first kappa shape index (κ1) is 22.4. The van der Waals surface area contributed by atoms with Gasteiger partial charge in [-0.05, 0) is 52.1 Å². The van der Waals surface area contributed by atoms with E-state index < -0.39 is 40.3 Å². The van der Waals surface area contributed by atoms with Gasteiger partial charge in [-0.15, -0.1) is 0 Å². The molecule has 4 nitrogen and oxygen atoms in total. The molecule has 0 spiro atoms. The molecule has 0 fully saturated rings. The third-order valence-corrected chi connectivity index (χ3v) is 6.71. The van der Waals surface area contributed by atoms with Gasteiger partial charge in [0.25, 0.3) is 0 Å². The molecule has 5 rings (SSSR count). The van der Waals surface area contributed by atoms with E-state index in [1.54, 1.807) is 12.1 Å². The second-order valence-corrected chi connectivity index (χ2v) is 9.35. The van der Waals surface area contributed by atoms with E-state index in [9.17, 15) is 21.6 Å². The first-order valence-corrected chi connectivity index (χ1v) is 12.0. The smallest absolute Gasteiger partial charge is 0.161 e. The molecule has 4 aromatic rings. The van der Waals surface area contributed by atoms with E-state index in [1.807, 2.05) is 42.5 Å². The Morgan fingerprint density at radius 2 is 1.62 bits per heavy atom. The second-order valence-electron chi connectivity index (χ2n) is 8.36. The summed E-state index contributed by atoms with van der Waals surface area (Å²) >= 11 is 0. The summed E-state index contributed by atoms with van der Waals surface area (Å²) in [6, 6.07) is 17.5. The quantitative estimate of drug-likeness (QED) is 0.315. The largest absolute Gasteiger partial charge is 0.484 e. The number of rotatable bonds is 4. The van der Waals surface area contributed by atoms with E-state index >= 15 is 0 Å². The first-order chi connectivity index (χ1) is 16.3. The van der Waals surface area contributed by atoms with Gasteiger partial charge >= 0.3 is 0 Å². The van der Waals surface area contributed by atoms with Gasteiger partial charge in [0.05, 0.1) is 11.8 Å². The maximum atomic E-state index is 14.4. The number of hydrogen-bond acceptors (Lipinski definition) is 4. The first-order valence-electron chi connectivity index (χ1n) is 10.6. The standard InChI is InChI=1S/C26H20F3NO3S/c27-21-12-23(29)22(28)10-20(21)26-24(30)11-19-18-9-17(5-4-15(18)6-7-25(19)33-26)16-3-1-2-14(8-16)13-34(31)32/h1-10,12,24,26,34H,11,13,30H2/t24-,26+/m0/s1. The minimum atomic E-state index is -2.53. The van der Waals surface area contributed by atoms with Gasteiger partial charge in [-0.1, -0.05) is 42.5 Å². The molecule has 0 unspecified atom stereocenters. The van der Waals surface area contributed by atoms with Crippen LogP contribution in [0.4, 0.5) is 13.2 Å². The highest BCUT2D eigenvalue weighted by molar-refractivity contribution is 7.71. The summed E-state index contributed by atoms with van der Waals surface area (Å²) in [6.07, 6.45) is -0.621. The van der Waals surface area contributed by atoms with Crippen molar-refractivity contribution in [2.75, 3.05) is 0 Å². The van der Waals surface area contributed by atoms with Crippen molar-refractivity contribution < 1.29 is 26.3 Å².